The molecule has 0 unspecified atom stereocenters. The zero-order valence-corrected chi connectivity index (χ0v) is 14.7. The van der Waals surface area contributed by atoms with E-state index in [1.807, 2.05) is 13.1 Å². The SMILES string of the molecule is CN=C(NCCNC(=O)c1cccc(OC)c1)NCc1ccnn1C. The van der Waals surface area contributed by atoms with E-state index in [1.165, 1.54) is 0 Å². The maximum atomic E-state index is 12.1. The van der Waals surface area contributed by atoms with E-state index in [9.17, 15) is 4.79 Å². The molecule has 0 aliphatic rings. The van der Waals surface area contributed by atoms with Crippen LogP contribution in [0.3, 0.4) is 0 Å². The minimum atomic E-state index is -0.140. The van der Waals surface area contributed by atoms with E-state index >= 15 is 0 Å². The second-order valence-electron chi connectivity index (χ2n) is 5.29. The number of carbonyl (C=O) groups excluding carboxylic acids is 1. The molecule has 8 heteroatoms. The van der Waals surface area contributed by atoms with E-state index < -0.39 is 0 Å². The molecule has 8 nitrogen and oxygen atoms in total. The van der Waals surface area contributed by atoms with Crippen LogP contribution in [0, 0.1) is 0 Å². The van der Waals surface area contributed by atoms with E-state index in [2.05, 4.69) is 26.0 Å². The number of amides is 1. The van der Waals surface area contributed by atoms with Gasteiger partial charge in [0.1, 0.15) is 5.75 Å². The highest BCUT2D eigenvalue weighted by atomic mass is 16.5. The quantitative estimate of drug-likeness (QED) is 0.387. The van der Waals surface area contributed by atoms with Gasteiger partial charge in [-0.2, -0.15) is 5.10 Å². The number of rotatable bonds is 7. The summed E-state index contributed by atoms with van der Waals surface area (Å²) in [5, 5.41) is 13.3. The number of benzene rings is 1. The van der Waals surface area contributed by atoms with Gasteiger partial charge in [-0.05, 0) is 24.3 Å². The number of hydrogen-bond donors (Lipinski definition) is 3. The van der Waals surface area contributed by atoms with Crippen molar-refractivity contribution in [2.45, 2.75) is 6.54 Å². The second-order valence-corrected chi connectivity index (χ2v) is 5.29. The summed E-state index contributed by atoms with van der Waals surface area (Å²) in [6, 6.07) is 8.98. The maximum absolute atomic E-state index is 12.1. The highest BCUT2D eigenvalue weighted by molar-refractivity contribution is 5.94. The van der Waals surface area contributed by atoms with Gasteiger partial charge in [-0.15, -0.1) is 0 Å². The van der Waals surface area contributed by atoms with Gasteiger partial charge in [-0.1, -0.05) is 6.07 Å². The molecule has 2 aromatic rings. The van der Waals surface area contributed by atoms with Crippen molar-refractivity contribution in [1.82, 2.24) is 25.7 Å². The van der Waals surface area contributed by atoms with Crippen molar-refractivity contribution in [2.24, 2.45) is 12.0 Å². The summed E-state index contributed by atoms with van der Waals surface area (Å²) in [5.74, 6) is 1.18. The van der Waals surface area contributed by atoms with Crippen LogP contribution in [-0.4, -0.2) is 48.9 Å². The number of aryl methyl sites for hydroxylation is 1. The van der Waals surface area contributed by atoms with Crippen LogP contribution in [0.5, 0.6) is 5.75 Å². The molecule has 0 radical (unpaired) electrons. The summed E-state index contributed by atoms with van der Waals surface area (Å²) in [6.07, 6.45) is 1.75. The lowest BCUT2D eigenvalue weighted by molar-refractivity contribution is 0.0954. The lowest BCUT2D eigenvalue weighted by Crippen LogP contribution is -2.41. The lowest BCUT2D eigenvalue weighted by atomic mass is 10.2. The van der Waals surface area contributed by atoms with Gasteiger partial charge >= 0.3 is 0 Å². The molecule has 1 heterocycles. The first-order valence-electron chi connectivity index (χ1n) is 7.97. The molecule has 0 bridgehead atoms. The number of ether oxygens (including phenoxy) is 1. The normalized spacial score (nSPS) is 11.1. The first-order chi connectivity index (χ1) is 12.1. The van der Waals surface area contributed by atoms with Gasteiger partial charge in [-0.3, -0.25) is 14.5 Å². The Balaban J connectivity index is 1.71. The molecule has 25 heavy (non-hydrogen) atoms. The minimum Gasteiger partial charge on any atom is -0.497 e. The zero-order chi connectivity index (χ0) is 18.1. The number of aliphatic imine (C=N–C) groups is 1. The molecular formula is C17H24N6O2. The van der Waals surface area contributed by atoms with Crippen LogP contribution in [0.2, 0.25) is 0 Å². The van der Waals surface area contributed by atoms with E-state index in [4.69, 9.17) is 4.74 Å². The molecule has 0 saturated carbocycles. The third kappa shape index (κ3) is 5.52. The van der Waals surface area contributed by atoms with Gasteiger partial charge in [0.25, 0.3) is 5.91 Å². The van der Waals surface area contributed by atoms with Crippen molar-refractivity contribution in [3.8, 4) is 5.75 Å². The summed E-state index contributed by atoms with van der Waals surface area (Å²) in [4.78, 5) is 16.2. The smallest absolute Gasteiger partial charge is 0.251 e. The van der Waals surface area contributed by atoms with Crippen LogP contribution in [0.1, 0.15) is 16.1 Å². The number of aromatic nitrogens is 2. The number of nitrogens with zero attached hydrogens (tertiary/aromatic N) is 3. The Morgan fingerprint density at radius 1 is 1.24 bits per heavy atom. The summed E-state index contributed by atoms with van der Waals surface area (Å²) in [7, 11) is 5.17. The zero-order valence-electron chi connectivity index (χ0n) is 14.7. The first-order valence-corrected chi connectivity index (χ1v) is 7.97. The second kappa shape index (κ2) is 9.31. The molecule has 134 valence electrons. The summed E-state index contributed by atoms with van der Waals surface area (Å²) < 4.78 is 6.92. The molecule has 3 N–H and O–H groups in total. The molecular weight excluding hydrogens is 320 g/mol. The van der Waals surface area contributed by atoms with Crippen molar-refractivity contribution in [3.05, 3.63) is 47.8 Å². The van der Waals surface area contributed by atoms with Crippen LogP contribution in [0.4, 0.5) is 0 Å². The third-order valence-corrected chi connectivity index (χ3v) is 3.62. The number of carbonyl (C=O) groups is 1. The highest BCUT2D eigenvalue weighted by Gasteiger charge is 2.06. The van der Waals surface area contributed by atoms with Crippen molar-refractivity contribution in [1.29, 1.82) is 0 Å². The van der Waals surface area contributed by atoms with E-state index in [1.54, 1.807) is 49.3 Å². The molecule has 1 aromatic heterocycles. The Bertz CT molecular complexity index is 725. The fourth-order valence-corrected chi connectivity index (χ4v) is 2.19. The standard InChI is InChI=1S/C17H24N6O2/c1-18-17(21-12-14-7-8-22-23(14)2)20-10-9-19-16(24)13-5-4-6-15(11-13)25-3/h4-8,11H,9-10,12H2,1-3H3,(H,19,24)(H2,18,20,21). The Morgan fingerprint density at radius 2 is 2.04 bits per heavy atom. The first kappa shape index (κ1) is 18.3. The van der Waals surface area contributed by atoms with Gasteiger partial charge in [0.05, 0.1) is 19.3 Å². The van der Waals surface area contributed by atoms with Crippen LogP contribution >= 0.6 is 0 Å². The predicted octanol–water partition coefficient (Wildman–Crippen LogP) is 0.524. The van der Waals surface area contributed by atoms with Crippen molar-refractivity contribution < 1.29 is 9.53 Å². The minimum absolute atomic E-state index is 0.140. The Hall–Kier alpha value is -3.03. The van der Waals surface area contributed by atoms with Crippen LogP contribution in [0.25, 0.3) is 0 Å². The summed E-state index contributed by atoms with van der Waals surface area (Å²) >= 11 is 0. The average Bonchev–Trinajstić information content (AvgIpc) is 3.06. The van der Waals surface area contributed by atoms with Gasteiger partial charge in [0.2, 0.25) is 0 Å². The molecule has 0 spiro atoms. The molecule has 0 atom stereocenters. The average molecular weight is 344 g/mol. The molecule has 0 aliphatic heterocycles. The van der Waals surface area contributed by atoms with Crippen molar-refractivity contribution in [2.75, 3.05) is 27.2 Å². The van der Waals surface area contributed by atoms with Crippen molar-refractivity contribution >= 4 is 11.9 Å². The lowest BCUT2D eigenvalue weighted by Gasteiger charge is -2.12. The van der Waals surface area contributed by atoms with E-state index in [0.29, 0.717) is 36.9 Å². The summed E-state index contributed by atoms with van der Waals surface area (Å²) in [5.41, 5.74) is 1.62. The van der Waals surface area contributed by atoms with Gasteiger partial charge in [-0.25, -0.2) is 0 Å². The number of guanidine groups is 1. The molecule has 1 amide bonds. The number of nitrogens with one attached hydrogen (secondary N) is 3. The Kier molecular flexibility index (Phi) is 6.82. The highest BCUT2D eigenvalue weighted by Crippen LogP contribution is 2.12. The van der Waals surface area contributed by atoms with Gasteiger partial charge in [0.15, 0.2) is 5.96 Å². The van der Waals surface area contributed by atoms with Crippen molar-refractivity contribution in [3.63, 3.8) is 0 Å². The number of methoxy groups -OCH3 is 1. The maximum Gasteiger partial charge on any atom is 0.251 e. The predicted molar refractivity (Wildman–Crippen MR) is 96.7 cm³/mol. The Morgan fingerprint density at radius 3 is 2.72 bits per heavy atom. The largest absolute Gasteiger partial charge is 0.497 e. The third-order valence-electron chi connectivity index (χ3n) is 3.62. The molecule has 1 aromatic carbocycles. The molecule has 0 fully saturated rings. The summed E-state index contributed by atoms with van der Waals surface area (Å²) in [6.45, 7) is 1.65. The molecule has 0 saturated heterocycles. The van der Waals surface area contributed by atoms with E-state index in [-0.39, 0.29) is 5.91 Å². The fraction of sp³-hybridized carbons (Fsp3) is 0.353. The van der Waals surface area contributed by atoms with Crippen LogP contribution in [-0.2, 0) is 13.6 Å². The Labute approximate surface area is 147 Å². The van der Waals surface area contributed by atoms with Gasteiger partial charge < -0.3 is 20.7 Å². The fourth-order valence-electron chi connectivity index (χ4n) is 2.19. The monoisotopic (exact) mass is 344 g/mol. The van der Waals surface area contributed by atoms with Crippen LogP contribution in [0.15, 0.2) is 41.5 Å². The molecule has 2 rings (SSSR count). The topological polar surface area (TPSA) is 92.6 Å². The molecule has 0 aliphatic carbocycles. The number of hydrogen-bond acceptors (Lipinski definition) is 4. The van der Waals surface area contributed by atoms with Crippen LogP contribution < -0.4 is 20.7 Å². The van der Waals surface area contributed by atoms with Gasteiger partial charge in [0, 0.05) is 38.9 Å². The van der Waals surface area contributed by atoms with E-state index in [0.717, 1.165) is 5.69 Å².